The molecule has 0 fully saturated rings. The summed E-state index contributed by atoms with van der Waals surface area (Å²) in [6.07, 6.45) is 0. The Balaban J connectivity index is 1.31. The second-order valence-electron chi connectivity index (χ2n) is 10.9. The van der Waals surface area contributed by atoms with Gasteiger partial charge in [-0.05, 0) is 70.4 Å². The first-order valence-electron chi connectivity index (χ1n) is 14.5. The van der Waals surface area contributed by atoms with E-state index in [9.17, 15) is 0 Å². The lowest BCUT2D eigenvalue weighted by Gasteiger charge is -2.27. The minimum Gasteiger partial charge on any atom is -0.310 e. The van der Waals surface area contributed by atoms with Crippen LogP contribution in [0.25, 0.3) is 62.2 Å². The molecule has 0 N–H and O–H groups in total. The van der Waals surface area contributed by atoms with Crippen LogP contribution in [-0.4, -0.2) is 0 Å². The Morgan fingerprint density at radius 1 is 0.395 bits per heavy atom. The average Bonchev–Trinajstić information content (AvgIpc) is 3.65. The van der Waals surface area contributed by atoms with Gasteiger partial charge in [0.2, 0.25) is 0 Å². The molecule has 43 heavy (non-hydrogen) atoms. The largest absolute Gasteiger partial charge is 0.310 e. The minimum absolute atomic E-state index is 1.14. The second-order valence-corrected chi connectivity index (χ2v) is 13.1. The van der Waals surface area contributed by atoms with Crippen molar-refractivity contribution in [1.29, 1.82) is 0 Å². The van der Waals surface area contributed by atoms with Gasteiger partial charge in [0.05, 0.1) is 5.69 Å². The van der Waals surface area contributed by atoms with E-state index in [-0.39, 0.29) is 0 Å². The van der Waals surface area contributed by atoms with Crippen LogP contribution < -0.4 is 4.90 Å². The third-order valence-electron chi connectivity index (χ3n) is 8.46. The van der Waals surface area contributed by atoms with E-state index in [0.717, 1.165) is 11.4 Å². The van der Waals surface area contributed by atoms with Crippen LogP contribution in [0.15, 0.2) is 152 Å². The van der Waals surface area contributed by atoms with Gasteiger partial charge in [-0.2, -0.15) is 0 Å². The van der Waals surface area contributed by atoms with Crippen molar-refractivity contribution < 1.29 is 0 Å². The van der Waals surface area contributed by atoms with Crippen molar-refractivity contribution in [1.82, 2.24) is 0 Å². The molecule has 9 aromatic rings. The molecule has 0 atom stereocenters. The van der Waals surface area contributed by atoms with E-state index in [1.54, 1.807) is 0 Å². The smallest absolute Gasteiger partial charge is 0.0554 e. The third kappa shape index (κ3) is 3.97. The van der Waals surface area contributed by atoms with Crippen molar-refractivity contribution in [3.63, 3.8) is 0 Å². The summed E-state index contributed by atoms with van der Waals surface area (Å²) in [5.41, 5.74) is 5.95. The molecule has 0 saturated heterocycles. The van der Waals surface area contributed by atoms with Crippen molar-refractivity contribution in [2.45, 2.75) is 0 Å². The lowest BCUT2D eigenvalue weighted by Crippen LogP contribution is -2.10. The topological polar surface area (TPSA) is 3.24 Å². The maximum Gasteiger partial charge on any atom is 0.0554 e. The van der Waals surface area contributed by atoms with Gasteiger partial charge >= 0.3 is 0 Å². The van der Waals surface area contributed by atoms with Gasteiger partial charge < -0.3 is 4.90 Å². The predicted octanol–water partition coefficient (Wildman–Crippen LogP) is 12.7. The van der Waals surface area contributed by atoms with E-state index in [4.69, 9.17) is 0 Å². The van der Waals surface area contributed by atoms with Gasteiger partial charge in [0.25, 0.3) is 0 Å². The molecule has 1 nitrogen and oxygen atoms in total. The highest BCUT2D eigenvalue weighted by Crippen LogP contribution is 2.47. The number of hydrogen-bond acceptors (Lipinski definition) is 3. The lowest BCUT2D eigenvalue weighted by atomic mass is 10.0. The SMILES string of the molecule is c1ccc(-c2ccc(N(c3ccc4sc5ccccc5c4c3)c3cccc4sc5c6ccccc6ccc5c34)cc2)cc1. The Morgan fingerprint density at radius 2 is 1.09 bits per heavy atom. The summed E-state index contributed by atoms with van der Waals surface area (Å²) >= 11 is 3.76. The zero-order valence-corrected chi connectivity index (χ0v) is 24.8. The molecule has 2 aromatic heterocycles. The maximum atomic E-state index is 2.45. The Kier molecular flexibility index (Phi) is 5.62. The number of fused-ring (bicyclic) bond motifs is 8. The molecule has 202 valence electrons. The summed E-state index contributed by atoms with van der Waals surface area (Å²) < 4.78 is 5.29. The monoisotopic (exact) mass is 583 g/mol. The van der Waals surface area contributed by atoms with Gasteiger partial charge in [-0.25, -0.2) is 0 Å². The van der Waals surface area contributed by atoms with Crippen molar-refractivity contribution in [2.24, 2.45) is 0 Å². The van der Waals surface area contributed by atoms with Crippen LogP contribution in [0.3, 0.4) is 0 Å². The average molecular weight is 584 g/mol. The Hall–Kier alpha value is -4.96. The van der Waals surface area contributed by atoms with Crippen molar-refractivity contribution in [2.75, 3.05) is 4.90 Å². The van der Waals surface area contributed by atoms with Gasteiger partial charge in [0, 0.05) is 51.7 Å². The van der Waals surface area contributed by atoms with E-state index in [2.05, 4.69) is 157 Å². The number of anilines is 3. The van der Waals surface area contributed by atoms with Crippen LogP contribution in [0.4, 0.5) is 17.1 Å². The van der Waals surface area contributed by atoms with E-state index in [1.807, 2.05) is 22.7 Å². The normalized spacial score (nSPS) is 11.7. The van der Waals surface area contributed by atoms with Gasteiger partial charge in [0.15, 0.2) is 0 Å². The maximum absolute atomic E-state index is 2.45. The molecular formula is C40H25NS2. The van der Waals surface area contributed by atoms with Gasteiger partial charge in [-0.3, -0.25) is 0 Å². The number of benzene rings is 7. The fourth-order valence-electron chi connectivity index (χ4n) is 6.44. The Morgan fingerprint density at radius 3 is 1.98 bits per heavy atom. The van der Waals surface area contributed by atoms with Gasteiger partial charge in [-0.15, -0.1) is 22.7 Å². The predicted molar refractivity (Wildman–Crippen MR) is 190 cm³/mol. The fourth-order valence-corrected chi connectivity index (χ4v) is 8.78. The molecule has 0 spiro atoms. The molecule has 0 saturated carbocycles. The highest BCUT2D eigenvalue weighted by molar-refractivity contribution is 7.27. The highest BCUT2D eigenvalue weighted by atomic mass is 32.1. The number of nitrogens with zero attached hydrogens (tertiary/aromatic N) is 1. The molecule has 0 amide bonds. The van der Waals surface area contributed by atoms with Crippen LogP contribution in [0, 0.1) is 0 Å². The van der Waals surface area contributed by atoms with Gasteiger partial charge in [0.1, 0.15) is 0 Å². The molecule has 0 aliphatic heterocycles. The molecule has 0 aliphatic carbocycles. The van der Waals surface area contributed by atoms with Crippen LogP contribution in [0.5, 0.6) is 0 Å². The first-order valence-corrected chi connectivity index (χ1v) is 16.1. The Bertz CT molecular complexity index is 2450. The summed E-state index contributed by atoms with van der Waals surface area (Å²) in [5, 5.41) is 7.83. The molecule has 3 heteroatoms. The molecule has 0 unspecified atom stereocenters. The van der Waals surface area contributed by atoms with Crippen molar-refractivity contribution in [3.05, 3.63) is 152 Å². The summed E-state index contributed by atoms with van der Waals surface area (Å²) in [7, 11) is 0. The number of hydrogen-bond donors (Lipinski definition) is 0. The van der Waals surface area contributed by atoms with E-state index >= 15 is 0 Å². The quantitative estimate of drug-likeness (QED) is 0.199. The highest BCUT2D eigenvalue weighted by Gasteiger charge is 2.20. The summed E-state index contributed by atoms with van der Waals surface area (Å²) in [6, 6.07) is 55.4. The van der Waals surface area contributed by atoms with Crippen molar-refractivity contribution >= 4 is 90.9 Å². The van der Waals surface area contributed by atoms with E-state index in [0.29, 0.717) is 0 Å². The van der Waals surface area contributed by atoms with Crippen LogP contribution in [0.1, 0.15) is 0 Å². The molecule has 9 rings (SSSR count). The molecule has 0 bridgehead atoms. The zero-order valence-electron chi connectivity index (χ0n) is 23.2. The standard InChI is InChI=1S/C40H25NS2/c1-2-9-26(10-3-1)27-17-20-29(21-18-27)41(30-22-24-37-34(25-30)32-13-6-7-15-36(32)42-37)35-14-8-16-38-39(35)33-23-19-28-11-4-5-12-31(28)40(33)43-38/h1-25H. The molecule has 0 radical (unpaired) electrons. The van der Waals surface area contributed by atoms with E-state index < -0.39 is 0 Å². The van der Waals surface area contributed by atoms with Crippen LogP contribution in [0.2, 0.25) is 0 Å². The number of thiophene rings is 2. The molecule has 7 aromatic carbocycles. The van der Waals surface area contributed by atoms with Crippen molar-refractivity contribution in [3.8, 4) is 11.1 Å². The first-order chi connectivity index (χ1) is 21.3. The summed E-state index contributed by atoms with van der Waals surface area (Å²) in [4.78, 5) is 2.45. The molecular weight excluding hydrogens is 559 g/mol. The fraction of sp³-hybridized carbons (Fsp3) is 0. The summed E-state index contributed by atoms with van der Waals surface area (Å²) in [5.74, 6) is 0. The summed E-state index contributed by atoms with van der Waals surface area (Å²) in [6.45, 7) is 0. The van der Waals surface area contributed by atoms with Crippen LogP contribution in [-0.2, 0) is 0 Å². The third-order valence-corrected chi connectivity index (χ3v) is 10.8. The zero-order chi connectivity index (χ0) is 28.3. The van der Waals surface area contributed by atoms with Gasteiger partial charge in [-0.1, -0.05) is 103 Å². The Labute approximate surface area is 257 Å². The first kappa shape index (κ1) is 24.6. The second kappa shape index (κ2) is 9.81. The van der Waals surface area contributed by atoms with Crippen LogP contribution >= 0.6 is 22.7 Å². The minimum atomic E-state index is 1.14. The molecule has 2 heterocycles. The van der Waals surface area contributed by atoms with E-state index in [1.165, 1.54) is 67.9 Å². The lowest BCUT2D eigenvalue weighted by molar-refractivity contribution is 1.31. The molecule has 0 aliphatic rings. The number of rotatable bonds is 4.